The minimum atomic E-state index is -0.973. The number of benzene rings is 9. The van der Waals surface area contributed by atoms with Gasteiger partial charge in [0.05, 0.1) is 12.2 Å². The molecule has 0 amide bonds. The van der Waals surface area contributed by atoms with Gasteiger partial charge >= 0.3 is 0 Å². The van der Waals surface area contributed by atoms with E-state index in [1.165, 1.54) is 16.7 Å². The number of piperidine rings is 3. The highest BCUT2D eigenvalue weighted by Gasteiger charge is 2.44. The molecule has 3 fully saturated rings. The van der Waals surface area contributed by atoms with Gasteiger partial charge < -0.3 is 40.2 Å². The van der Waals surface area contributed by atoms with Crippen LogP contribution < -0.4 is 0 Å². The minimum Gasteiger partial charge on any atom is -0.388 e. The number of hydrogen-bond acceptors (Lipinski definition) is 8. The smallest absolute Gasteiger partial charge is 0.117 e. The minimum absolute atomic E-state index is 0.128. The molecule has 99 heavy (non-hydrogen) atoms. The zero-order chi connectivity index (χ0) is 69.9. The van der Waals surface area contributed by atoms with E-state index in [0.717, 1.165) is 174 Å². The fraction of sp³-hybridized carbons (Fsp3) is 0.400. The molecule has 9 aromatic rings. The van der Waals surface area contributed by atoms with Gasteiger partial charge in [0.25, 0.3) is 0 Å². The van der Waals surface area contributed by atoms with E-state index in [1.54, 1.807) is 0 Å². The van der Waals surface area contributed by atoms with Gasteiger partial charge in [-0.3, -0.25) is 0 Å². The van der Waals surface area contributed by atoms with Crippen molar-refractivity contribution in [3.05, 3.63) is 321 Å². The van der Waals surface area contributed by atoms with Crippen molar-refractivity contribution in [2.75, 3.05) is 58.9 Å². The molecule has 3 saturated heterocycles. The molecule has 3 aliphatic heterocycles. The summed E-state index contributed by atoms with van der Waals surface area (Å²) in [6.45, 7) is 22.5. The zero-order valence-corrected chi connectivity index (χ0v) is 60.5. The molecule has 12 rings (SSSR count). The van der Waals surface area contributed by atoms with Crippen molar-refractivity contribution in [1.82, 2.24) is 14.7 Å². The normalized spacial score (nSPS) is 16.6. The third-order valence-electron chi connectivity index (χ3n) is 21.7. The van der Waals surface area contributed by atoms with Crippen LogP contribution in [0, 0.1) is 17.8 Å². The molecule has 9 heteroatoms. The van der Waals surface area contributed by atoms with Crippen LogP contribution in [0.15, 0.2) is 255 Å². The van der Waals surface area contributed by atoms with Crippen molar-refractivity contribution < 1.29 is 25.5 Å². The molecule has 8 nitrogen and oxygen atoms in total. The monoisotopic (exact) mass is 1350 g/mol. The molecule has 9 aromatic carbocycles. The standard InChI is InChI=1S/C32H41NO2.C30H37NO.C28H32ClNO2/c1-31(2,3)26-18-16-25(17-19-26)30(34)15-10-22-33-23-20-29(21-24-33)32(35,27-11-6-4-7-12-27)28-13-8-5-9-14-28;1-29(2,3)28-17-11-10-12-24(28)18-21-31-22-19-27(20-23-31)30(32,25-13-6-4-7-14-25)26-15-8-5-9-16-26;29-26-15-13-22(14-16-26)27(31)12-7-19-30-20-17-25(18-21-30)28(32,23-8-3-1-4-9-23)24-10-5-2-6-11-24/h4-9,11-14,16-19,29-30,34-35H,10,15,20-24H2,1-3H3;4-17,27,32H,18-23H2,1-3H3;1-6,8-11,13-16,25,27,31-32H,7,12,17-21H2. The molecule has 3 heterocycles. The Labute approximate surface area is 598 Å². The van der Waals surface area contributed by atoms with Gasteiger partial charge in [-0.15, -0.1) is 0 Å². The predicted molar refractivity (Wildman–Crippen MR) is 409 cm³/mol. The lowest BCUT2D eigenvalue weighted by atomic mass is 9.72. The Kier molecular flexibility index (Phi) is 26.4. The molecule has 2 unspecified atom stereocenters. The van der Waals surface area contributed by atoms with Crippen LogP contribution in [-0.4, -0.2) is 99.1 Å². The Hall–Kier alpha value is -7.05. The van der Waals surface area contributed by atoms with E-state index in [2.05, 4.69) is 153 Å². The van der Waals surface area contributed by atoms with Crippen molar-refractivity contribution in [3.63, 3.8) is 0 Å². The first kappa shape index (κ1) is 74.6. The fourth-order valence-corrected chi connectivity index (χ4v) is 15.9. The lowest BCUT2D eigenvalue weighted by molar-refractivity contribution is -0.0148. The molecule has 5 N–H and O–H groups in total. The first-order valence-corrected chi connectivity index (χ1v) is 37.1. The van der Waals surface area contributed by atoms with E-state index in [9.17, 15) is 25.5 Å². The highest BCUT2D eigenvalue weighted by molar-refractivity contribution is 6.30. The Morgan fingerprint density at radius 3 is 0.899 bits per heavy atom. The van der Waals surface area contributed by atoms with Crippen molar-refractivity contribution in [3.8, 4) is 0 Å². The molecule has 0 spiro atoms. The molecule has 0 aliphatic carbocycles. The molecule has 2 atom stereocenters. The van der Waals surface area contributed by atoms with Crippen LogP contribution in [0.5, 0.6) is 0 Å². The van der Waals surface area contributed by atoms with Crippen LogP contribution in [0.3, 0.4) is 0 Å². The maximum Gasteiger partial charge on any atom is 0.117 e. The molecular weight excluding hydrogens is 1240 g/mol. The topological polar surface area (TPSA) is 111 Å². The SMILES string of the molecule is CC(C)(C)c1ccc(C(O)CCCN2CCC(C(O)(c3ccccc3)c3ccccc3)CC2)cc1.CC(C)(C)c1ccccc1CCN1CCC(C(O)(c2ccccc2)c2ccccc2)CC1.OC(CCCN1CCC(C(O)(c2ccccc2)c2ccccc2)CC1)c1ccc(Cl)cc1. The highest BCUT2D eigenvalue weighted by atomic mass is 35.5. The zero-order valence-electron chi connectivity index (χ0n) is 59.7. The van der Waals surface area contributed by atoms with Gasteiger partial charge in [-0.05, 0) is 225 Å². The van der Waals surface area contributed by atoms with Crippen molar-refractivity contribution in [2.45, 2.75) is 152 Å². The molecule has 0 saturated carbocycles. The van der Waals surface area contributed by atoms with Crippen LogP contribution in [-0.2, 0) is 34.1 Å². The van der Waals surface area contributed by atoms with Crippen LogP contribution in [0.4, 0.5) is 0 Å². The van der Waals surface area contributed by atoms with E-state index in [-0.39, 0.29) is 28.6 Å². The fourth-order valence-electron chi connectivity index (χ4n) is 15.8. The Morgan fingerprint density at radius 1 is 0.333 bits per heavy atom. The maximum absolute atomic E-state index is 12.1. The Bertz CT molecular complexity index is 3650. The number of likely N-dealkylation sites (tertiary alicyclic amines) is 3. The van der Waals surface area contributed by atoms with E-state index >= 15 is 0 Å². The average molecular weight is 1350 g/mol. The van der Waals surface area contributed by atoms with E-state index in [1.807, 2.05) is 158 Å². The third-order valence-corrected chi connectivity index (χ3v) is 21.9. The summed E-state index contributed by atoms with van der Waals surface area (Å²) < 4.78 is 0. The Balaban J connectivity index is 0.000000161. The van der Waals surface area contributed by atoms with Gasteiger partial charge in [0.1, 0.15) is 16.8 Å². The summed E-state index contributed by atoms with van der Waals surface area (Å²) in [5.74, 6) is 0.559. The molecule has 0 aromatic heterocycles. The first-order valence-electron chi connectivity index (χ1n) is 36.7. The quantitative estimate of drug-likeness (QED) is 0.0456. The number of aliphatic hydroxyl groups is 5. The summed E-state index contributed by atoms with van der Waals surface area (Å²) in [6.07, 6.45) is 9.43. The summed E-state index contributed by atoms with van der Waals surface area (Å²) in [5, 5.41) is 58.0. The second kappa shape index (κ2) is 35.0. The van der Waals surface area contributed by atoms with E-state index in [0.29, 0.717) is 5.02 Å². The molecule has 522 valence electrons. The van der Waals surface area contributed by atoms with Crippen LogP contribution in [0.25, 0.3) is 0 Å². The second-order valence-corrected chi connectivity index (χ2v) is 30.7. The summed E-state index contributed by atoms with van der Waals surface area (Å²) >= 11 is 5.94. The number of hydrogen-bond donors (Lipinski definition) is 5. The summed E-state index contributed by atoms with van der Waals surface area (Å²) in [5.41, 5.74) is 9.46. The largest absolute Gasteiger partial charge is 0.388 e. The third kappa shape index (κ3) is 19.3. The van der Waals surface area contributed by atoms with Gasteiger partial charge in [0.2, 0.25) is 0 Å². The number of nitrogens with zero attached hydrogens (tertiary/aromatic N) is 3. The van der Waals surface area contributed by atoms with Gasteiger partial charge in [-0.2, -0.15) is 0 Å². The summed E-state index contributed by atoms with van der Waals surface area (Å²) in [7, 11) is 0. The molecule has 0 radical (unpaired) electrons. The average Bonchev–Trinajstić information content (AvgIpc) is 0.783. The van der Waals surface area contributed by atoms with Crippen LogP contribution >= 0.6 is 11.6 Å². The van der Waals surface area contributed by atoms with Crippen LogP contribution in [0.1, 0.15) is 179 Å². The summed E-state index contributed by atoms with van der Waals surface area (Å²) in [6, 6.07) is 85.7. The van der Waals surface area contributed by atoms with E-state index in [4.69, 9.17) is 11.6 Å². The number of aliphatic hydroxyl groups excluding tert-OH is 2. The molecule has 3 aliphatic rings. The van der Waals surface area contributed by atoms with Crippen molar-refractivity contribution >= 4 is 11.6 Å². The first-order chi connectivity index (χ1) is 47.7. The van der Waals surface area contributed by atoms with Gasteiger partial charge in [0.15, 0.2) is 0 Å². The van der Waals surface area contributed by atoms with Gasteiger partial charge in [-0.1, -0.05) is 296 Å². The lowest BCUT2D eigenvalue weighted by Gasteiger charge is -2.42. The van der Waals surface area contributed by atoms with Crippen molar-refractivity contribution in [1.29, 1.82) is 0 Å². The Morgan fingerprint density at radius 2 is 0.606 bits per heavy atom. The van der Waals surface area contributed by atoms with Crippen molar-refractivity contribution in [2.24, 2.45) is 17.8 Å². The van der Waals surface area contributed by atoms with E-state index < -0.39 is 29.0 Å². The molecule has 0 bridgehead atoms. The highest BCUT2D eigenvalue weighted by Crippen LogP contribution is 2.45. The maximum atomic E-state index is 12.1. The second-order valence-electron chi connectivity index (χ2n) is 30.2. The number of rotatable bonds is 22. The number of halogens is 1. The molecular formula is C90H110ClN3O5. The van der Waals surface area contributed by atoms with Crippen LogP contribution in [0.2, 0.25) is 5.02 Å². The summed E-state index contributed by atoms with van der Waals surface area (Å²) in [4.78, 5) is 7.52. The predicted octanol–water partition coefficient (Wildman–Crippen LogP) is 18.4. The van der Waals surface area contributed by atoms with Gasteiger partial charge in [0, 0.05) is 11.6 Å². The lowest BCUT2D eigenvalue weighted by Crippen LogP contribution is -2.44. The van der Waals surface area contributed by atoms with Gasteiger partial charge in [-0.25, -0.2) is 0 Å².